The topological polar surface area (TPSA) is 91.5 Å². The van der Waals surface area contributed by atoms with Crippen LogP contribution in [0.25, 0.3) is 11.0 Å². The number of aryl methyl sites for hydroxylation is 1. The van der Waals surface area contributed by atoms with E-state index in [9.17, 15) is 4.79 Å². The first-order valence-electron chi connectivity index (χ1n) is 11.9. The van der Waals surface area contributed by atoms with Gasteiger partial charge in [0.05, 0.1) is 18.5 Å². The van der Waals surface area contributed by atoms with E-state index in [1.165, 1.54) is 0 Å². The fourth-order valence-electron chi connectivity index (χ4n) is 4.81. The zero-order valence-electron chi connectivity index (χ0n) is 19.6. The lowest BCUT2D eigenvalue weighted by molar-refractivity contribution is -0.135. The van der Waals surface area contributed by atoms with Gasteiger partial charge in [0.2, 0.25) is 0 Å². The van der Waals surface area contributed by atoms with Gasteiger partial charge in [0.1, 0.15) is 28.9 Å². The molecule has 180 valence electrons. The van der Waals surface area contributed by atoms with E-state index in [0.717, 1.165) is 66.6 Å². The molecule has 1 unspecified atom stereocenters. The monoisotopic (exact) mass is 473 g/mol. The number of carbonyl (C=O) groups excluding carboxylic acids is 1. The molecule has 1 fully saturated rings. The summed E-state index contributed by atoms with van der Waals surface area (Å²) >= 11 is 0. The number of hydrogen-bond donors (Lipinski definition) is 0. The van der Waals surface area contributed by atoms with Gasteiger partial charge in [0.15, 0.2) is 5.76 Å². The quantitative estimate of drug-likeness (QED) is 0.420. The molecule has 0 N–H and O–H groups in total. The molecular weight excluding hydrogens is 446 g/mol. The zero-order chi connectivity index (χ0) is 23.8. The maximum Gasteiger partial charge on any atom is 0.257 e. The Morgan fingerprint density at radius 1 is 1.06 bits per heavy atom. The highest BCUT2D eigenvalue weighted by atomic mass is 16.5. The Bertz CT molecular complexity index is 1310. The minimum absolute atomic E-state index is 0.0434. The lowest BCUT2D eigenvalue weighted by atomic mass is 10.1. The van der Waals surface area contributed by atoms with Crippen molar-refractivity contribution in [2.75, 3.05) is 32.7 Å². The Labute approximate surface area is 202 Å². The smallest absolute Gasteiger partial charge is 0.257 e. The first kappa shape index (κ1) is 21.8. The SMILES string of the molecule is Cc1cc(CN2CCN(CC(=O)N3N=C(c4cc5ccccc5o4)CC3c3ccco3)CC2)no1. The summed E-state index contributed by atoms with van der Waals surface area (Å²) in [6.45, 7) is 6.32. The van der Waals surface area contributed by atoms with E-state index in [-0.39, 0.29) is 11.9 Å². The summed E-state index contributed by atoms with van der Waals surface area (Å²) in [5.74, 6) is 2.19. The second-order valence-corrected chi connectivity index (χ2v) is 9.15. The Hall–Kier alpha value is -3.69. The molecule has 1 aromatic carbocycles. The number of fused-ring (bicyclic) bond motifs is 1. The van der Waals surface area contributed by atoms with Crippen LogP contribution < -0.4 is 0 Å². The summed E-state index contributed by atoms with van der Waals surface area (Å²) in [4.78, 5) is 17.9. The van der Waals surface area contributed by atoms with Crippen LogP contribution in [0.15, 0.2) is 73.3 Å². The van der Waals surface area contributed by atoms with E-state index in [1.807, 2.05) is 55.5 Å². The molecule has 9 nitrogen and oxygen atoms in total. The van der Waals surface area contributed by atoms with Crippen molar-refractivity contribution in [3.63, 3.8) is 0 Å². The molecule has 3 aromatic heterocycles. The number of rotatable bonds is 6. The second kappa shape index (κ2) is 9.16. The van der Waals surface area contributed by atoms with Gasteiger partial charge < -0.3 is 13.4 Å². The van der Waals surface area contributed by atoms with Gasteiger partial charge in [0.25, 0.3) is 5.91 Å². The molecule has 0 spiro atoms. The lowest BCUT2D eigenvalue weighted by Crippen LogP contribution is -2.49. The molecule has 0 bridgehead atoms. The van der Waals surface area contributed by atoms with Gasteiger partial charge in [-0.1, -0.05) is 23.4 Å². The van der Waals surface area contributed by atoms with Crippen molar-refractivity contribution in [1.29, 1.82) is 0 Å². The van der Waals surface area contributed by atoms with E-state index in [0.29, 0.717) is 18.7 Å². The fourth-order valence-corrected chi connectivity index (χ4v) is 4.81. The molecule has 1 atom stereocenters. The van der Waals surface area contributed by atoms with Crippen molar-refractivity contribution in [3.05, 3.63) is 77.8 Å². The van der Waals surface area contributed by atoms with Crippen LogP contribution in [0.4, 0.5) is 0 Å². The average molecular weight is 474 g/mol. The van der Waals surface area contributed by atoms with E-state index >= 15 is 0 Å². The predicted octanol–water partition coefficient (Wildman–Crippen LogP) is 3.82. The van der Waals surface area contributed by atoms with Gasteiger partial charge in [0, 0.05) is 50.6 Å². The summed E-state index contributed by atoms with van der Waals surface area (Å²) in [6.07, 6.45) is 2.18. The van der Waals surface area contributed by atoms with E-state index in [4.69, 9.17) is 18.5 Å². The Balaban J connectivity index is 1.14. The van der Waals surface area contributed by atoms with Crippen LogP contribution in [0, 0.1) is 6.92 Å². The molecule has 1 amide bonds. The molecule has 6 rings (SSSR count). The number of hydrogen-bond acceptors (Lipinski definition) is 8. The van der Waals surface area contributed by atoms with Crippen LogP contribution in [-0.4, -0.2) is 64.3 Å². The molecule has 0 aliphatic carbocycles. The van der Waals surface area contributed by atoms with Crippen molar-refractivity contribution in [3.8, 4) is 0 Å². The molecule has 2 aliphatic heterocycles. The highest BCUT2D eigenvalue weighted by Crippen LogP contribution is 2.34. The largest absolute Gasteiger partial charge is 0.467 e. The number of para-hydroxylation sites is 1. The number of nitrogens with zero attached hydrogens (tertiary/aromatic N) is 5. The number of amides is 1. The molecule has 1 saturated heterocycles. The normalized spacial score (nSPS) is 19.5. The van der Waals surface area contributed by atoms with Gasteiger partial charge in [-0.15, -0.1) is 0 Å². The predicted molar refractivity (Wildman–Crippen MR) is 129 cm³/mol. The molecule has 0 saturated carbocycles. The number of aromatic nitrogens is 1. The van der Waals surface area contributed by atoms with E-state index < -0.39 is 0 Å². The molecule has 4 aromatic rings. The van der Waals surface area contributed by atoms with Crippen molar-refractivity contribution in [1.82, 2.24) is 20.0 Å². The molecule has 2 aliphatic rings. The number of hydrazone groups is 1. The van der Waals surface area contributed by atoms with Crippen LogP contribution in [0.5, 0.6) is 0 Å². The van der Waals surface area contributed by atoms with E-state index in [2.05, 4.69) is 15.0 Å². The van der Waals surface area contributed by atoms with Crippen LogP contribution in [0.1, 0.15) is 35.4 Å². The van der Waals surface area contributed by atoms with Gasteiger partial charge in [-0.25, -0.2) is 5.01 Å². The van der Waals surface area contributed by atoms with Gasteiger partial charge in [-0.05, 0) is 31.2 Å². The number of piperazine rings is 1. The average Bonchev–Trinajstić information content (AvgIpc) is 3.65. The number of carbonyl (C=O) groups is 1. The molecule has 35 heavy (non-hydrogen) atoms. The summed E-state index contributed by atoms with van der Waals surface area (Å²) in [5.41, 5.74) is 2.50. The molecule has 5 heterocycles. The Morgan fingerprint density at radius 3 is 2.63 bits per heavy atom. The van der Waals surface area contributed by atoms with Crippen molar-refractivity contribution < 1.29 is 18.2 Å². The van der Waals surface area contributed by atoms with Crippen molar-refractivity contribution in [2.24, 2.45) is 5.10 Å². The third-order valence-corrected chi connectivity index (χ3v) is 6.63. The fraction of sp³-hybridized carbons (Fsp3) is 0.346. The van der Waals surface area contributed by atoms with Crippen molar-refractivity contribution >= 4 is 22.6 Å². The maximum atomic E-state index is 13.4. The van der Waals surface area contributed by atoms with Gasteiger partial charge in [-0.2, -0.15) is 5.10 Å². The second-order valence-electron chi connectivity index (χ2n) is 9.15. The molecule has 9 heteroatoms. The summed E-state index contributed by atoms with van der Waals surface area (Å²) in [7, 11) is 0. The lowest BCUT2D eigenvalue weighted by Gasteiger charge is -2.34. The van der Waals surface area contributed by atoms with Crippen LogP contribution >= 0.6 is 0 Å². The minimum Gasteiger partial charge on any atom is -0.467 e. The van der Waals surface area contributed by atoms with Crippen LogP contribution in [0.3, 0.4) is 0 Å². The van der Waals surface area contributed by atoms with E-state index in [1.54, 1.807) is 11.3 Å². The number of benzene rings is 1. The Kier molecular flexibility index (Phi) is 5.71. The van der Waals surface area contributed by atoms with Gasteiger partial charge >= 0.3 is 0 Å². The standard InChI is InChI=1S/C26H27N5O4/c1-18-13-20(28-35-18)16-29-8-10-30(11-9-29)17-26(32)31-22(24-7-4-12-33-24)15-21(27-31)25-14-19-5-2-3-6-23(19)34-25/h2-7,12-14,22H,8-11,15-17H2,1H3. The highest BCUT2D eigenvalue weighted by molar-refractivity contribution is 6.03. The molecular formula is C26H27N5O4. The third kappa shape index (κ3) is 4.52. The first-order valence-corrected chi connectivity index (χ1v) is 11.9. The van der Waals surface area contributed by atoms with Gasteiger partial charge in [-0.3, -0.25) is 14.6 Å². The van der Waals surface area contributed by atoms with Crippen LogP contribution in [0.2, 0.25) is 0 Å². The Morgan fingerprint density at radius 2 is 1.89 bits per heavy atom. The van der Waals surface area contributed by atoms with Crippen molar-refractivity contribution in [2.45, 2.75) is 25.9 Å². The van der Waals surface area contributed by atoms with Crippen LogP contribution in [-0.2, 0) is 11.3 Å². The maximum absolute atomic E-state index is 13.4. The zero-order valence-corrected chi connectivity index (χ0v) is 19.6. The minimum atomic E-state index is -0.280. The number of furan rings is 2. The summed E-state index contributed by atoms with van der Waals surface area (Å²) < 4.78 is 16.9. The first-order chi connectivity index (χ1) is 17.1. The summed E-state index contributed by atoms with van der Waals surface area (Å²) in [6, 6.07) is 15.3. The highest BCUT2D eigenvalue weighted by Gasteiger charge is 2.36. The third-order valence-electron chi connectivity index (χ3n) is 6.63. The summed E-state index contributed by atoms with van der Waals surface area (Å²) in [5, 5.41) is 11.4. The molecule has 0 radical (unpaired) electrons.